The largest absolute Gasteiger partial charge is 0.360 e. The third-order valence-corrected chi connectivity index (χ3v) is 4.25. The number of aryl methyl sites for hydroxylation is 1. The maximum atomic E-state index is 12.2. The molecule has 1 aromatic rings. The highest BCUT2D eigenvalue weighted by Gasteiger charge is 2.36. The van der Waals surface area contributed by atoms with Crippen LogP contribution < -0.4 is 10.6 Å². The molecule has 10 heteroatoms. The van der Waals surface area contributed by atoms with Gasteiger partial charge in [0.2, 0.25) is 23.6 Å². The zero-order valence-corrected chi connectivity index (χ0v) is 14.1. The number of nitrogens with one attached hydrogen (secondary N) is 2. The van der Waals surface area contributed by atoms with Crippen molar-refractivity contribution in [2.45, 2.75) is 26.3 Å². The summed E-state index contributed by atoms with van der Waals surface area (Å²) in [5.74, 6) is -0.440. The Morgan fingerprint density at radius 1 is 1.46 bits per heavy atom. The molecular formula is C14H18N4O5S. The number of hydrogen-bond donors (Lipinski definition) is 2. The Hall–Kier alpha value is -2.36. The topological polar surface area (TPSA) is 122 Å². The van der Waals surface area contributed by atoms with Gasteiger partial charge in [-0.2, -0.15) is 0 Å². The fourth-order valence-corrected chi connectivity index (χ4v) is 2.98. The first-order valence-corrected chi connectivity index (χ1v) is 8.50. The van der Waals surface area contributed by atoms with E-state index in [1.807, 2.05) is 0 Å². The highest BCUT2D eigenvalue weighted by atomic mass is 32.2. The number of carbonyl (C=O) groups excluding carboxylic acids is 4. The number of rotatable bonds is 7. The summed E-state index contributed by atoms with van der Waals surface area (Å²) >= 11 is 1.12. The molecular weight excluding hydrogens is 336 g/mol. The van der Waals surface area contributed by atoms with Crippen LogP contribution in [0.15, 0.2) is 10.6 Å². The van der Waals surface area contributed by atoms with Gasteiger partial charge in [0.1, 0.15) is 11.8 Å². The van der Waals surface area contributed by atoms with Crippen LogP contribution >= 0.6 is 11.8 Å². The van der Waals surface area contributed by atoms with E-state index in [4.69, 9.17) is 4.52 Å². The van der Waals surface area contributed by atoms with E-state index in [0.29, 0.717) is 18.1 Å². The molecule has 0 unspecified atom stereocenters. The molecule has 1 atom stereocenters. The molecule has 0 aliphatic carbocycles. The van der Waals surface area contributed by atoms with Crippen molar-refractivity contribution in [1.82, 2.24) is 15.4 Å². The average Bonchev–Trinajstić information content (AvgIpc) is 3.05. The van der Waals surface area contributed by atoms with Gasteiger partial charge < -0.3 is 14.7 Å². The van der Waals surface area contributed by atoms with E-state index in [1.165, 1.54) is 4.90 Å². The first kappa shape index (κ1) is 18.0. The van der Waals surface area contributed by atoms with E-state index in [2.05, 4.69) is 15.8 Å². The Labute approximate surface area is 142 Å². The number of imide groups is 1. The molecule has 1 aromatic heterocycles. The van der Waals surface area contributed by atoms with Crippen LogP contribution in [0.3, 0.4) is 0 Å². The number of carbonyl (C=O) groups is 4. The monoisotopic (exact) mass is 354 g/mol. The van der Waals surface area contributed by atoms with Gasteiger partial charge in [-0.05, 0) is 13.8 Å². The quantitative estimate of drug-likeness (QED) is 0.657. The molecule has 1 aliphatic rings. The maximum Gasteiger partial charge on any atom is 0.249 e. The predicted molar refractivity (Wildman–Crippen MR) is 86.1 cm³/mol. The summed E-state index contributed by atoms with van der Waals surface area (Å²) in [6.45, 7) is 3.76. The van der Waals surface area contributed by atoms with Gasteiger partial charge in [-0.15, -0.1) is 11.8 Å². The zero-order chi connectivity index (χ0) is 17.7. The summed E-state index contributed by atoms with van der Waals surface area (Å²) in [4.78, 5) is 48.2. The number of thioether (sulfide) groups is 1. The van der Waals surface area contributed by atoms with Gasteiger partial charge in [-0.3, -0.25) is 24.5 Å². The lowest BCUT2D eigenvalue weighted by Gasteiger charge is -2.25. The number of likely N-dealkylation sites (N-methyl/N-ethyl adjacent to an activating group) is 1. The SMILES string of the molecule is CCN(C(=O)CSCC(=O)Nc1cc(C)on1)[C@@H]1CC(=O)NC1=O. The molecule has 1 aliphatic heterocycles. The summed E-state index contributed by atoms with van der Waals surface area (Å²) < 4.78 is 4.83. The van der Waals surface area contributed by atoms with Gasteiger partial charge in [-0.25, -0.2) is 0 Å². The zero-order valence-electron chi connectivity index (χ0n) is 13.3. The standard InChI is InChI=1S/C14H18N4O5S/c1-3-18(9-5-11(19)16-14(9)22)13(21)7-24-6-12(20)15-10-4-8(2)23-17-10/h4,9H,3,5-7H2,1-2H3,(H,15,17,20)(H,16,19,22)/t9-/m1/s1. The van der Waals surface area contributed by atoms with E-state index in [1.54, 1.807) is 19.9 Å². The van der Waals surface area contributed by atoms with E-state index in [-0.39, 0.29) is 35.6 Å². The van der Waals surface area contributed by atoms with Crippen LogP contribution in [0.1, 0.15) is 19.1 Å². The Balaban J connectivity index is 1.78. The second-order valence-electron chi connectivity index (χ2n) is 5.18. The van der Waals surface area contributed by atoms with Crippen molar-refractivity contribution in [3.05, 3.63) is 11.8 Å². The minimum Gasteiger partial charge on any atom is -0.360 e. The van der Waals surface area contributed by atoms with E-state index >= 15 is 0 Å². The Bertz CT molecular complexity index is 659. The van der Waals surface area contributed by atoms with Gasteiger partial charge in [0.25, 0.3) is 0 Å². The molecule has 0 radical (unpaired) electrons. The Kier molecular flexibility index (Phi) is 5.96. The molecule has 1 saturated heterocycles. The summed E-state index contributed by atoms with van der Waals surface area (Å²) in [7, 11) is 0. The fraction of sp³-hybridized carbons (Fsp3) is 0.500. The van der Waals surface area contributed by atoms with E-state index < -0.39 is 11.9 Å². The minimum atomic E-state index is -0.762. The number of hydrogen-bond acceptors (Lipinski definition) is 7. The van der Waals surface area contributed by atoms with E-state index in [0.717, 1.165) is 11.8 Å². The molecule has 1 fully saturated rings. The predicted octanol–water partition coefficient (Wildman–Crippen LogP) is -0.0817. The average molecular weight is 354 g/mol. The maximum absolute atomic E-state index is 12.2. The van der Waals surface area contributed by atoms with Gasteiger partial charge in [0.15, 0.2) is 5.82 Å². The lowest BCUT2D eigenvalue weighted by molar-refractivity contribution is -0.136. The second kappa shape index (κ2) is 7.95. The molecule has 130 valence electrons. The lowest BCUT2D eigenvalue weighted by atomic mass is 10.2. The van der Waals surface area contributed by atoms with Crippen molar-refractivity contribution in [3.8, 4) is 0 Å². The van der Waals surface area contributed by atoms with Crippen LogP contribution in [0.5, 0.6) is 0 Å². The van der Waals surface area contributed by atoms with Gasteiger partial charge in [-0.1, -0.05) is 5.16 Å². The van der Waals surface area contributed by atoms with Crippen molar-refractivity contribution in [1.29, 1.82) is 0 Å². The molecule has 24 heavy (non-hydrogen) atoms. The second-order valence-corrected chi connectivity index (χ2v) is 6.16. The highest BCUT2D eigenvalue weighted by Crippen LogP contribution is 2.14. The molecule has 2 heterocycles. The van der Waals surface area contributed by atoms with Crippen LogP contribution in [0, 0.1) is 6.92 Å². The smallest absolute Gasteiger partial charge is 0.249 e. The third-order valence-electron chi connectivity index (χ3n) is 3.34. The Morgan fingerprint density at radius 2 is 2.21 bits per heavy atom. The van der Waals surface area contributed by atoms with Crippen LogP contribution in [-0.4, -0.2) is 57.8 Å². The van der Waals surface area contributed by atoms with Crippen molar-refractivity contribution in [3.63, 3.8) is 0 Å². The number of amides is 4. The minimum absolute atomic E-state index is 0.0188. The first-order chi connectivity index (χ1) is 11.4. The van der Waals surface area contributed by atoms with Gasteiger partial charge in [0, 0.05) is 12.6 Å². The molecule has 4 amide bonds. The number of anilines is 1. The molecule has 0 spiro atoms. The van der Waals surface area contributed by atoms with Crippen molar-refractivity contribution < 1.29 is 23.7 Å². The molecule has 9 nitrogen and oxygen atoms in total. The van der Waals surface area contributed by atoms with Crippen LogP contribution in [-0.2, 0) is 19.2 Å². The van der Waals surface area contributed by atoms with Crippen LogP contribution in [0.25, 0.3) is 0 Å². The Morgan fingerprint density at radius 3 is 2.75 bits per heavy atom. The number of aromatic nitrogens is 1. The highest BCUT2D eigenvalue weighted by molar-refractivity contribution is 8.00. The summed E-state index contributed by atoms with van der Waals surface area (Å²) in [5, 5.41) is 8.37. The summed E-state index contributed by atoms with van der Waals surface area (Å²) in [6.07, 6.45) is -0.0188. The van der Waals surface area contributed by atoms with Gasteiger partial charge >= 0.3 is 0 Å². The fourth-order valence-electron chi connectivity index (χ4n) is 2.28. The molecule has 0 aromatic carbocycles. The van der Waals surface area contributed by atoms with Crippen LogP contribution in [0.2, 0.25) is 0 Å². The van der Waals surface area contributed by atoms with Gasteiger partial charge in [0.05, 0.1) is 17.9 Å². The van der Waals surface area contributed by atoms with Crippen molar-refractivity contribution >= 4 is 41.2 Å². The summed E-state index contributed by atoms with van der Waals surface area (Å²) in [5.41, 5.74) is 0. The van der Waals surface area contributed by atoms with Crippen LogP contribution in [0.4, 0.5) is 5.82 Å². The molecule has 2 rings (SSSR count). The molecule has 2 N–H and O–H groups in total. The molecule has 0 bridgehead atoms. The lowest BCUT2D eigenvalue weighted by Crippen LogP contribution is -2.45. The normalized spacial score (nSPS) is 16.8. The molecule has 0 saturated carbocycles. The number of nitrogens with zero attached hydrogens (tertiary/aromatic N) is 2. The first-order valence-electron chi connectivity index (χ1n) is 7.34. The third kappa shape index (κ3) is 4.57. The summed E-state index contributed by atoms with van der Waals surface area (Å²) in [6, 6.07) is 0.824. The van der Waals surface area contributed by atoms with Crippen molar-refractivity contribution in [2.75, 3.05) is 23.4 Å². The van der Waals surface area contributed by atoms with E-state index in [9.17, 15) is 19.2 Å². The van der Waals surface area contributed by atoms with Crippen molar-refractivity contribution in [2.24, 2.45) is 0 Å².